The van der Waals surface area contributed by atoms with Crippen molar-refractivity contribution in [2.45, 2.75) is 13.0 Å². The van der Waals surface area contributed by atoms with Crippen LogP contribution in [0.1, 0.15) is 28.9 Å². The molecule has 0 heterocycles. The summed E-state index contributed by atoms with van der Waals surface area (Å²) in [5.74, 6) is -0.765. The number of aliphatic hydroxyl groups excluding tert-OH is 1. The smallest absolute Gasteiger partial charge is 0.250 e. The standard InChI is InChI=1S/C10H14N2O4S/c1-6(13)7-4-3-5-8(10(11)14)9(7)12-17(2,15)16/h3-6,12-13H,1-2H3,(H2,11,14). The van der Waals surface area contributed by atoms with Crippen molar-refractivity contribution in [3.63, 3.8) is 0 Å². The molecule has 0 spiro atoms. The molecule has 0 bridgehead atoms. The Morgan fingerprint density at radius 3 is 2.47 bits per heavy atom. The molecule has 0 aliphatic rings. The number of nitrogens with one attached hydrogen (secondary N) is 1. The Bertz CT molecular complexity index is 537. The molecule has 0 aliphatic carbocycles. The van der Waals surface area contributed by atoms with E-state index in [0.29, 0.717) is 5.56 Å². The molecular weight excluding hydrogens is 244 g/mol. The number of rotatable bonds is 4. The van der Waals surface area contributed by atoms with Gasteiger partial charge in [0.25, 0.3) is 5.91 Å². The van der Waals surface area contributed by atoms with E-state index in [2.05, 4.69) is 4.72 Å². The van der Waals surface area contributed by atoms with Gasteiger partial charge in [-0.2, -0.15) is 0 Å². The van der Waals surface area contributed by atoms with Crippen LogP contribution in [0.5, 0.6) is 0 Å². The first kappa shape index (κ1) is 13.5. The van der Waals surface area contributed by atoms with Crippen molar-refractivity contribution in [2.24, 2.45) is 5.73 Å². The maximum Gasteiger partial charge on any atom is 0.250 e. The summed E-state index contributed by atoms with van der Waals surface area (Å²) in [6.07, 6.45) is 0.0369. The van der Waals surface area contributed by atoms with Crippen LogP contribution in [-0.2, 0) is 10.0 Å². The number of primary amides is 1. The van der Waals surface area contributed by atoms with Crippen LogP contribution in [0.25, 0.3) is 0 Å². The Morgan fingerprint density at radius 2 is 2.06 bits per heavy atom. The lowest BCUT2D eigenvalue weighted by Crippen LogP contribution is -2.19. The molecule has 0 aromatic heterocycles. The summed E-state index contributed by atoms with van der Waals surface area (Å²) in [7, 11) is -3.56. The number of nitrogens with two attached hydrogens (primary N) is 1. The van der Waals surface area contributed by atoms with E-state index in [0.717, 1.165) is 6.26 Å². The van der Waals surface area contributed by atoms with Crippen molar-refractivity contribution in [3.8, 4) is 0 Å². The van der Waals surface area contributed by atoms with Crippen LogP contribution in [0.2, 0.25) is 0 Å². The van der Waals surface area contributed by atoms with E-state index < -0.39 is 22.0 Å². The van der Waals surface area contributed by atoms with Crippen LogP contribution in [-0.4, -0.2) is 25.7 Å². The summed E-state index contributed by atoms with van der Waals surface area (Å²) < 4.78 is 24.6. The molecule has 6 nitrogen and oxygen atoms in total. The van der Waals surface area contributed by atoms with Crippen molar-refractivity contribution < 1.29 is 18.3 Å². The summed E-state index contributed by atoms with van der Waals surface area (Å²) in [5, 5.41) is 9.52. The Morgan fingerprint density at radius 1 is 1.47 bits per heavy atom. The van der Waals surface area contributed by atoms with Gasteiger partial charge in [-0.15, -0.1) is 0 Å². The number of para-hydroxylation sites is 1. The summed E-state index contributed by atoms with van der Waals surface area (Å²) in [4.78, 5) is 11.2. The lowest BCUT2D eigenvalue weighted by molar-refractivity contribution is 0.100. The van der Waals surface area contributed by atoms with Crippen molar-refractivity contribution in [2.75, 3.05) is 11.0 Å². The molecule has 1 rings (SSSR count). The van der Waals surface area contributed by atoms with Gasteiger partial charge in [-0.05, 0) is 13.0 Å². The predicted molar refractivity (Wildman–Crippen MR) is 64.1 cm³/mol. The first-order chi connectivity index (χ1) is 7.72. The fourth-order valence-electron chi connectivity index (χ4n) is 1.42. The number of aliphatic hydroxyl groups is 1. The highest BCUT2D eigenvalue weighted by atomic mass is 32.2. The summed E-state index contributed by atoms with van der Waals surface area (Å²) >= 11 is 0. The molecule has 0 saturated carbocycles. The van der Waals surface area contributed by atoms with Gasteiger partial charge in [0, 0.05) is 5.56 Å². The molecule has 1 unspecified atom stereocenters. The highest BCUT2D eigenvalue weighted by Crippen LogP contribution is 2.27. The number of amides is 1. The van der Waals surface area contributed by atoms with Crippen LogP contribution < -0.4 is 10.5 Å². The molecule has 0 radical (unpaired) electrons. The first-order valence-corrected chi connectivity index (χ1v) is 6.70. The van der Waals surface area contributed by atoms with Crippen LogP contribution in [0.15, 0.2) is 18.2 Å². The van der Waals surface area contributed by atoms with Gasteiger partial charge in [0.15, 0.2) is 0 Å². The second kappa shape index (κ2) is 4.72. The van der Waals surface area contributed by atoms with Crippen LogP contribution in [0, 0.1) is 0 Å². The topological polar surface area (TPSA) is 109 Å². The first-order valence-electron chi connectivity index (χ1n) is 4.81. The quantitative estimate of drug-likeness (QED) is 0.717. The van der Waals surface area contributed by atoms with E-state index in [4.69, 9.17) is 5.73 Å². The maximum absolute atomic E-state index is 11.2. The third-order valence-corrected chi connectivity index (χ3v) is 2.67. The summed E-state index contributed by atoms with van der Waals surface area (Å²) in [6, 6.07) is 4.43. The molecule has 1 amide bonds. The van der Waals surface area contributed by atoms with E-state index in [9.17, 15) is 18.3 Å². The molecule has 4 N–H and O–H groups in total. The van der Waals surface area contributed by atoms with Gasteiger partial charge in [0.1, 0.15) is 0 Å². The Labute approximate surface area is 99.5 Å². The second-order valence-electron chi connectivity index (χ2n) is 3.68. The van der Waals surface area contributed by atoms with Crippen molar-refractivity contribution in [3.05, 3.63) is 29.3 Å². The number of anilines is 1. The number of carbonyl (C=O) groups excluding carboxylic acids is 1. The SMILES string of the molecule is CC(O)c1cccc(C(N)=O)c1NS(C)(=O)=O. The predicted octanol–water partition coefficient (Wildman–Crippen LogP) is 0.210. The van der Waals surface area contributed by atoms with Gasteiger partial charge in [-0.25, -0.2) is 8.42 Å². The van der Waals surface area contributed by atoms with Gasteiger partial charge < -0.3 is 10.8 Å². The van der Waals surface area contributed by atoms with Crippen molar-refractivity contribution >= 4 is 21.6 Å². The summed E-state index contributed by atoms with van der Waals surface area (Å²) in [6.45, 7) is 1.47. The Kier molecular flexibility index (Phi) is 3.74. The number of benzene rings is 1. The number of sulfonamides is 1. The largest absolute Gasteiger partial charge is 0.389 e. The molecule has 7 heteroatoms. The minimum Gasteiger partial charge on any atom is -0.389 e. The molecular formula is C10H14N2O4S. The number of hydrogen-bond acceptors (Lipinski definition) is 4. The zero-order chi connectivity index (χ0) is 13.2. The zero-order valence-corrected chi connectivity index (χ0v) is 10.3. The second-order valence-corrected chi connectivity index (χ2v) is 5.43. The fraction of sp³-hybridized carbons (Fsp3) is 0.300. The number of carbonyl (C=O) groups is 1. The minimum absolute atomic E-state index is 0.0221. The Balaban J connectivity index is 3.44. The lowest BCUT2D eigenvalue weighted by atomic mass is 10.0. The molecule has 0 fully saturated rings. The highest BCUT2D eigenvalue weighted by molar-refractivity contribution is 7.92. The van der Waals surface area contributed by atoms with Crippen molar-refractivity contribution in [1.29, 1.82) is 0 Å². The minimum atomic E-state index is -3.56. The van der Waals surface area contributed by atoms with E-state index >= 15 is 0 Å². The average molecular weight is 258 g/mol. The van der Waals surface area contributed by atoms with E-state index in [1.807, 2.05) is 0 Å². The Hall–Kier alpha value is -1.60. The molecule has 1 atom stereocenters. The van der Waals surface area contributed by atoms with Crippen LogP contribution in [0.3, 0.4) is 0 Å². The third kappa shape index (κ3) is 3.43. The molecule has 1 aromatic carbocycles. The van der Waals surface area contributed by atoms with Gasteiger partial charge >= 0.3 is 0 Å². The number of hydrogen-bond donors (Lipinski definition) is 3. The molecule has 0 aliphatic heterocycles. The van der Waals surface area contributed by atoms with Crippen LogP contribution in [0.4, 0.5) is 5.69 Å². The van der Waals surface area contributed by atoms with Gasteiger partial charge in [-0.3, -0.25) is 9.52 Å². The van der Waals surface area contributed by atoms with E-state index in [1.54, 1.807) is 0 Å². The average Bonchev–Trinajstić information content (AvgIpc) is 2.14. The third-order valence-electron chi connectivity index (χ3n) is 2.10. The highest BCUT2D eigenvalue weighted by Gasteiger charge is 2.18. The van der Waals surface area contributed by atoms with Gasteiger partial charge in [0.2, 0.25) is 10.0 Å². The van der Waals surface area contributed by atoms with Gasteiger partial charge in [-0.1, -0.05) is 12.1 Å². The maximum atomic E-state index is 11.2. The molecule has 17 heavy (non-hydrogen) atoms. The van der Waals surface area contributed by atoms with Crippen molar-refractivity contribution in [1.82, 2.24) is 0 Å². The van der Waals surface area contributed by atoms with Crippen LogP contribution >= 0.6 is 0 Å². The molecule has 0 saturated heterocycles. The fourth-order valence-corrected chi connectivity index (χ4v) is 2.02. The molecule has 94 valence electrons. The summed E-state index contributed by atoms with van der Waals surface area (Å²) in [5.41, 5.74) is 5.49. The normalized spacial score (nSPS) is 13.1. The van der Waals surface area contributed by atoms with E-state index in [1.165, 1.54) is 25.1 Å². The zero-order valence-electron chi connectivity index (χ0n) is 9.47. The molecule has 1 aromatic rings. The monoisotopic (exact) mass is 258 g/mol. The van der Waals surface area contributed by atoms with E-state index in [-0.39, 0.29) is 11.3 Å². The lowest BCUT2D eigenvalue weighted by Gasteiger charge is -2.15. The van der Waals surface area contributed by atoms with Gasteiger partial charge in [0.05, 0.1) is 23.6 Å².